The number of halogens is 2. The van der Waals surface area contributed by atoms with Gasteiger partial charge in [-0.3, -0.25) is 14.9 Å². The Labute approximate surface area is 177 Å². The van der Waals surface area contributed by atoms with E-state index in [9.17, 15) is 13.6 Å². The first-order chi connectivity index (χ1) is 15.0. The van der Waals surface area contributed by atoms with Crippen LogP contribution in [0.3, 0.4) is 0 Å². The van der Waals surface area contributed by atoms with Crippen molar-refractivity contribution in [1.29, 1.82) is 0 Å². The number of fused-ring (bicyclic) bond motifs is 3. The Hall–Kier alpha value is -3.30. The number of hydrogen-bond acceptors (Lipinski definition) is 6. The Kier molecular flexibility index (Phi) is 4.91. The van der Waals surface area contributed by atoms with Gasteiger partial charge in [-0.1, -0.05) is 0 Å². The first kappa shape index (κ1) is 19.7. The van der Waals surface area contributed by atoms with Gasteiger partial charge in [-0.15, -0.1) is 0 Å². The fraction of sp³-hybridized carbons (Fsp3) is 0.429. The van der Waals surface area contributed by atoms with Crippen LogP contribution in [0.4, 0.5) is 26.2 Å². The number of alkyl halides is 2. The lowest BCUT2D eigenvalue weighted by Gasteiger charge is -2.39. The monoisotopic (exact) mass is 427 g/mol. The van der Waals surface area contributed by atoms with Crippen molar-refractivity contribution in [3.63, 3.8) is 0 Å². The molecule has 0 spiro atoms. The molecule has 0 saturated carbocycles. The van der Waals surface area contributed by atoms with E-state index in [2.05, 4.69) is 25.8 Å². The summed E-state index contributed by atoms with van der Waals surface area (Å²) in [5.74, 6) is 0.897. The lowest BCUT2D eigenvalue weighted by molar-refractivity contribution is -0.147. The Bertz CT molecular complexity index is 1100. The summed E-state index contributed by atoms with van der Waals surface area (Å²) in [4.78, 5) is 22.5. The van der Waals surface area contributed by atoms with Gasteiger partial charge in [0.05, 0.1) is 5.52 Å². The average Bonchev–Trinajstić information content (AvgIpc) is 3.27. The minimum Gasteiger partial charge on any atom is -0.367 e. The molecule has 3 aromatic heterocycles. The van der Waals surface area contributed by atoms with Crippen molar-refractivity contribution in [3.8, 4) is 0 Å². The SMILES string of the molecule is Cc1cc(Nc2cc3ncccc3c(NC3CC4CCC(C3)N4C(=O)C(F)F)n2)n[nH]1. The van der Waals surface area contributed by atoms with E-state index in [1.165, 1.54) is 4.90 Å². The molecule has 3 N–H and O–H groups in total. The normalized spacial score (nSPS) is 22.8. The molecule has 2 fully saturated rings. The predicted molar refractivity (Wildman–Crippen MR) is 112 cm³/mol. The Balaban J connectivity index is 1.39. The molecular weight excluding hydrogens is 404 g/mol. The van der Waals surface area contributed by atoms with Crippen molar-refractivity contribution in [2.45, 2.75) is 57.2 Å². The number of hydrogen-bond donors (Lipinski definition) is 3. The van der Waals surface area contributed by atoms with E-state index in [-0.39, 0.29) is 18.1 Å². The molecule has 2 aliphatic heterocycles. The molecule has 31 heavy (non-hydrogen) atoms. The predicted octanol–water partition coefficient (Wildman–Crippen LogP) is 3.60. The number of anilines is 3. The number of rotatable bonds is 5. The van der Waals surface area contributed by atoms with Crippen LogP contribution in [0.25, 0.3) is 10.9 Å². The summed E-state index contributed by atoms with van der Waals surface area (Å²) in [5, 5.41) is 14.6. The number of aromatic nitrogens is 4. The second-order valence-corrected chi connectivity index (χ2v) is 8.23. The van der Waals surface area contributed by atoms with Gasteiger partial charge in [-0.25, -0.2) is 4.98 Å². The quantitative estimate of drug-likeness (QED) is 0.576. The maximum absolute atomic E-state index is 13.0. The fourth-order valence-electron chi connectivity index (χ4n) is 4.82. The molecule has 0 aromatic carbocycles. The van der Waals surface area contributed by atoms with Crippen LogP contribution in [0.15, 0.2) is 30.5 Å². The molecule has 3 aromatic rings. The molecule has 10 heteroatoms. The van der Waals surface area contributed by atoms with Gasteiger partial charge < -0.3 is 15.5 Å². The number of nitrogens with zero attached hydrogens (tertiary/aromatic N) is 4. The summed E-state index contributed by atoms with van der Waals surface area (Å²) < 4.78 is 26.0. The van der Waals surface area contributed by atoms with Gasteiger partial charge in [-0.2, -0.15) is 13.9 Å². The lowest BCUT2D eigenvalue weighted by atomic mass is 9.97. The maximum atomic E-state index is 13.0. The highest BCUT2D eigenvalue weighted by Crippen LogP contribution is 2.38. The van der Waals surface area contributed by atoms with Gasteiger partial charge in [0.1, 0.15) is 11.6 Å². The van der Waals surface area contributed by atoms with Gasteiger partial charge in [0, 0.05) is 47.5 Å². The molecule has 0 radical (unpaired) electrons. The number of H-pyrrole nitrogens is 1. The van der Waals surface area contributed by atoms with E-state index in [1.54, 1.807) is 6.20 Å². The van der Waals surface area contributed by atoms with Crippen LogP contribution in [0.2, 0.25) is 0 Å². The zero-order valence-corrected chi connectivity index (χ0v) is 17.0. The molecule has 1 amide bonds. The number of carbonyl (C=O) groups is 1. The summed E-state index contributed by atoms with van der Waals surface area (Å²) in [5.41, 5.74) is 1.71. The highest BCUT2D eigenvalue weighted by molar-refractivity contribution is 5.91. The summed E-state index contributed by atoms with van der Waals surface area (Å²) in [6.45, 7) is 1.92. The molecule has 5 heterocycles. The van der Waals surface area contributed by atoms with E-state index in [0.717, 1.165) is 29.4 Å². The molecule has 2 atom stereocenters. The fourth-order valence-corrected chi connectivity index (χ4v) is 4.82. The zero-order chi connectivity index (χ0) is 21.5. The average molecular weight is 427 g/mol. The number of nitrogens with one attached hydrogen (secondary N) is 3. The van der Waals surface area contributed by atoms with E-state index >= 15 is 0 Å². The van der Waals surface area contributed by atoms with Crippen LogP contribution < -0.4 is 10.6 Å². The van der Waals surface area contributed by atoms with E-state index in [1.807, 2.05) is 31.2 Å². The summed E-state index contributed by atoms with van der Waals surface area (Å²) in [7, 11) is 0. The zero-order valence-electron chi connectivity index (χ0n) is 17.0. The number of carbonyl (C=O) groups excluding carboxylic acids is 1. The maximum Gasteiger partial charge on any atom is 0.315 e. The molecule has 2 saturated heterocycles. The minimum absolute atomic E-state index is 0.0398. The van der Waals surface area contributed by atoms with Crippen molar-refractivity contribution in [1.82, 2.24) is 25.1 Å². The van der Waals surface area contributed by atoms with Crippen LogP contribution in [-0.4, -0.2) is 55.5 Å². The second kappa shape index (κ2) is 7.75. The number of aromatic amines is 1. The number of aryl methyl sites for hydroxylation is 1. The number of piperidine rings is 1. The molecule has 2 aliphatic rings. The topological polar surface area (TPSA) is 98.8 Å². The molecule has 8 nitrogen and oxygen atoms in total. The Morgan fingerprint density at radius 1 is 1.23 bits per heavy atom. The smallest absolute Gasteiger partial charge is 0.315 e. The van der Waals surface area contributed by atoms with Crippen LogP contribution in [0, 0.1) is 6.92 Å². The third-order valence-corrected chi connectivity index (χ3v) is 6.08. The highest BCUT2D eigenvalue weighted by Gasteiger charge is 2.45. The molecular formula is C21H23F2N7O. The Morgan fingerprint density at radius 2 is 2.00 bits per heavy atom. The largest absolute Gasteiger partial charge is 0.367 e. The van der Waals surface area contributed by atoms with Crippen LogP contribution in [0.5, 0.6) is 0 Å². The molecule has 162 valence electrons. The van der Waals surface area contributed by atoms with Gasteiger partial charge in [0.2, 0.25) is 0 Å². The summed E-state index contributed by atoms with van der Waals surface area (Å²) in [6.07, 6.45) is 1.54. The minimum atomic E-state index is -2.95. The standard InChI is InChI=1S/C21H23F2N7O/c1-11-7-18(29-28-11)26-17-10-16-15(3-2-6-24-16)20(27-17)25-12-8-13-4-5-14(9-12)30(13)21(31)19(22)23/h2-3,6-7,10,12-14,19H,4-5,8-9H2,1H3,(H3,25,26,27,28,29). The highest BCUT2D eigenvalue weighted by atomic mass is 19.3. The van der Waals surface area contributed by atoms with E-state index in [0.29, 0.717) is 30.3 Å². The van der Waals surface area contributed by atoms with Crippen LogP contribution >= 0.6 is 0 Å². The molecule has 5 rings (SSSR count). The summed E-state index contributed by atoms with van der Waals surface area (Å²) >= 11 is 0. The van der Waals surface area contributed by atoms with Crippen LogP contribution in [-0.2, 0) is 4.79 Å². The van der Waals surface area contributed by atoms with Gasteiger partial charge in [0.15, 0.2) is 5.82 Å². The summed E-state index contributed by atoms with van der Waals surface area (Å²) in [6, 6.07) is 7.27. The van der Waals surface area contributed by atoms with Crippen molar-refractivity contribution in [2.24, 2.45) is 0 Å². The van der Waals surface area contributed by atoms with Gasteiger partial charge in [0.25, 0.3) is 5.91 Å². The second-order valence-electron chi connectivity index (χ2n) is 8.23. The van der Waals surface area contributed by atoms with Crippen molar-refractivity contribution in [3.05, 3.63) is 36.2 Å². The lowest BCUT2D eigenvalue weighted by Crippen LogP contribution is -2.51. The third-order valence-electron chi connectivity index (χ3n) is 6.08. The van der Waals surface area contributed by atoms with Crippen molar-refractivity contribution in [2.75, 3.05) is 10.6 Å². The molecule has 2 bridgehead atoms. The first-order valence-electron chi connectivity index (χ1n) is 10.4. The Morgan fingerprint density at radius 3 is 2.68 bits per heavy atom. The first-order valence-corrected chi connectivity index (χ1v) is 10.4. The van der Waals surface area contributed by atoms with Crippen LogP contribution in [0.1, 0.15) is 31.4 Å². The van der Waals surface area contributed by atoms with E-state index in [4.69, 9.17) is 4.98 Å². The number of amides is 1. The number of pyridine rings is 2. The molecule has 2 unspecified atom stereocenters. The van der Waals surface area contributed by atoms with Crippen molar-refractivity contribution < 1.29 is 13.6 Å². The molecule has 0 aliphatic carbocycles. The van der Waals surface area contributed by atoms with Gasteiger partial charge in [-0.05, 0) is 44.7 Å². The van der Waals surface area contributed by atoms with E-state index < -0.39 is 12.3 Å². The van der Waals surface area contributed by atoms with Gasteiger partial charge >= 0.3 is 6.43 Å². The van der Waals surface area contributed by atoms with Crippen molar-refractivity contribution >= 4 is 34.3 Å². The third kappa shape index (κ3) is 3.77.